The fourth-order valence-corrected chi connectivity index (χ4v) is 13.2. The van der Waals surface area contributed by atoms with Crippen molar-refractivity contribution in [2.24, 2.45) is 52.3 Å². The van der Waals surface area contributed by atoms with Gasteiger partial charge in [-0.3, -0.25) is 0 Å². The van der Waals surface area contributed by atoms with Crippen molar-refractivity contribution in [1.29, 1.82) is 0 Å². The summed E-state index contributed by atoms with van der Waals surface area (Å²) >= 11 is 0. The summed E-state index contributed by atoms with van der Waals surface area (Å²) in [5, 5.41) is 84.7. The molecule has 14 heteroatoms. The molecule has 4 aliphatic heterocycles. The number of hydrogen-bond acceptors (Lipinski definition) is 14. The maximum absolute atomic E-state index is 12.0. The van der Waals surface area contributed by atoms with Gasteiger partial charge in [0.1, 0.15) is 48.8 Å². The van der Waals surface area contributed by atoms with Crippen molar-refractivity contribution in [3.63, 3.8) is 0 Å². The van der Waals surface area contributed by atoms with Gasteiger partial charge in [-0.2, -0.15) is 0 Å². The summed E-state index contributed by atoms with van der Waals surface area (Å²) in [4.78, 5) is 0. The quantitative estimate of drug-likeness (QED) is 0.173. The molecule has 53 heavy (non-hydrogen) atoms. The van der Waals surface area contributed by atoms with E-state index in [9.17, 15) is 40.9 Å². The van der Waals surface area contributed by atoms with Crippen LogP contribution < -0.4 is 0 Å². The van der Waals surface area contributed by atoms with Gasteiger partial charge in [-0.1, -0.05) is 27.7 Å². The monoisotopic (exact) mass is 756 g/mol. The SMILES string of the molecule is C[C@@H]1CC[C@@]2(OC1)O[C@H]1C[C@H]3[C@@H]4C[C@H](O)[C@H]5C[C@@H](O[C@@H]6O[C@H](CO)[C@@H](O)[C@H](O)[C@H]6O[C@@H]6O[C@H](CO)[C@@H](O)[C@H](O)[C@H]6O)CC[C@]5(C)[C@H]4CC[C@]3(C)[C@H]1[C@@H]2C. The third-order valence-corrected chi connectivity index (χ3v) is 16.2. The molecule has 8 rings (SSSR count). The number of aliphatic hydroxyl groups is 8. The van der Waals surface area contributed by atoms with E-state index in [4.69, 9.17) is 28.4 Å². The second-order valence-corrected chi connectivity index (χ2v) is 18.8. The van der Waals surface area contributed by atoms with E-state index in [1.807, 2.05) is 0 Å². The normalized spacial score (nSPS) is 59.5. The molecule has 0 amide bonds. The van der Waals surface area contributed by atoms with Crippen LogP contribution in [0.3, 0.4) is 0 Å². The van der Waals surface area contributed by atoms with E-state index in [1.165, 1.54) is 0 Å². The van der Waals surface area contributed by atoms with Gasteiger partial charge >= 0.3 is 0 Å². The Morgan fingerprint density at radius 1 is 0.660 bits per heavy atom. The topological polar surface area (TPSA) is 217 Å². The summed E-state index contributed by atoms with van der Waals surface area (Å²) in [6.45, 7) is 8.93. The number of rotatable bonds is 6. The molecule has 8 N–H and O–H groups in total. The predicted octanol–water partition coefficient (Wildman–Crippen LogP) is 0.413. The van der Waals surface area contributed by atoms with Gasteiger partial charge in [-0.15, -0.1) is 0 Å². The minimum absolute atomic E-state index is 0.0404. The van der Waals surface area contributed by atoms with Crippen LogP contribution >= 0.6 is 0 Å². The lowest BCUT2D eigenvalue weighted by Gasteiger charge is -2.62. The summed E-state index contributed by atoms with van der Waals surface area (Å²) < 4.78 is 37.3. The Kier molecular flexibility index (Phi) is 10.6. The molecule has 23 atom stereocenters. The Morgan fingerprint density at radius 3 is 2.02 bits per heavy atom. The van der Waals surface area contributed by atoms with Crippen LogP contribution in [0.4, 0.5) is 0 Å². The molecule has 0 bridgehead atoms. The van der Waals surface area contributed by atoms with E-state index in [-0.39, 0.29) is 22.9 Å². The predicted molar refractivity (Wildman–Crippen MR) is 184 cm³/mol. The summed E-state index contributed by atoms with van der Waals surface area (Å²) in [5.74, 6) is 2.16. The van der Waals surface area contributed by atoms with Crippen molar-refractivity contribution < 1.29 is 69.3 Å². The van der Waals surface area contributed by atoms with Crippen LogP contribution in [-0.4, -0.2) is 146 Å². The average Bonchev–Trinajstić information content (AvgIpc) is 3.58. The van der Waals surface area contributed by atoms with Gasteiger partial charge in [0.15, 0.2) is 18.4 Å². The molecule has 4 saturated carbocycles. The first kappa shape index (κ1) is 39.3. The highest BCUT2D eigenvalue weighted by Gasteiger charge is 2.70. The van der Waals surface area contributed by atoms with Gasteiger partial charge in [0.2, 0.25) is 0 Å². The molecule has 4 saturated heterocycles. The van der Waals surface area contributed by atoms with Crippen LogP contribution in [0.2, 0.25) is 0 Å². The van der Waals surface area contributed by atoms with Crippen molar-refractivity contribution in [1.82, 2.24) is 0 Å². The molecule has 4 aliphatic carbocycles. The van der Waals surface area contributed by atoms with Gasteiger partial charge in [0.05, 0.1) is 38.1 Å². The van der Waals surface area contributed by atoms with Crippen LogP contribution in [-0.2, 0) is 28.4 Å². The standard InChI is InChI=1S/C39H64O14/c1-17-5-10-39(48-16-17)18(2)28-25(53-39)13-22-20-12-24(42)23-11-19(6-8-37(23,3)21(20)7-9-38(22,28)4)49-36-34(32(46)30(44)27(15-41)51-36)52-35-33(47)31(45)29(43)26(14-40)50-35/h17-36,40-47H,5-16H2,1-4H3/t17-,18+,19+,20-,21+,22+,23-,24+,25+,26-,27-,28+,29-,30-,31+,32+,33-,34-,35+,36-,37-,38+,39-/m1/s1. The van der Waals surface area contributed by atoms with Gasteiger partial charge in [-0.05, 0) is 97.7 Å². The van der Waals surface area contributed by atoms with Crippen LogP contribution in [0.25, 0.3) is 0 Å². The Labute approximate surface area is 312 Å². The smallest absolute Gasteiger partial charge is 0.187 e. The molecule has 1 spiro atoms. The zero-order valence-electron chi connectivity index (χ0n) is 31.6. The first-order valence-electron chi connectivity index (χ1n) is 20.4. The van der Waals surface area contributed by atoms with Crippen LogP contribution in [0.1, 0.15) is 85.5 Å². The maximum atomic E-state index is 12.0. The zero-order chi connectivity index (χ0) is 37.8. The first-order valence-corrected chi connectivity index (χ1v) is 20.4. The van der Waals surface area contributed by atoms with E-state index in [2.05, 4.69) is 27.7 Å². The first-order chi connectivity index (χ1) is 25.2. The molecule has 4 heterocycles. The summed E-state index contributed by atoms with van der Waals surface area (Å²) in [7, 11) is 0. The molecular formula is C39H64O14. The lowest BCUT2D eigenvalue weighted by Crippen LogP contribution is -2.65. The van der Waals surface area contributed by atoms with E-state index in [0.717, 1.165) is 51.6 Å². The fourth-order valence-electron chi connectivity index (χ4n) is 13.2. The molecule has 0 aromatic heterocycles. The van der Waals surface area contributed by atoms with Crippen molar-refractivity contribution in [3.05, 3.63) is 0 Å². The van der Waals surface area contributed by atoms with Crippen molar-refractivity contribution >= 4 is 0 Å². The summed E-state index contributed by atoms with van der Waals surface area (Å²) in [6.07, 6.45) is -7.68. The van der Waals surface area contributed by atoms with Crippen LogP contribution in [0.5, 0.6) is 0 Å². The van der Waals surface area contributed by atoms with Crippen molar-refractivity contribution in [2.45, 2.75) is 171 Å². The Morgan fingerprint density at radius 2 is 1.34 bits per heavy atom. The Balaban J connectivity index is 0.961. The third kappa shape index (κ3) is 6.20. The Hall–Kier alpha value is -0.560. The molecule has 304 valence electrons. The van der Waals surface area contributed by atoms with Gasteiger partial charge < -0.3 is 69.3 Å². The molecular weight excluding hydrogens is 692 g/mol. The molecule has 8 fully saturated rings. The minimum Gasteiger partial charge on any atom is -0.394 e. The van der Waals surface area contributed by atoms with E-state index in [1.54, 1.807) is 0 Å². The fraction of sp³-hybridized carbons (Fsp3) is 1.00. The van der Waals surface area contributed by atoms with Crippen LogP contribution in [0.15, 0.2) is 0 Å². The number of aliphatic hydroxyl groups excluding tert-OH is 8. The Bertz CT molecular complexity index is 1300. The van der Waals surface area contributed by atoms with Crippen molar-refractivity contribution in [3.8, 4) is 0 Å². The molecule has 0 aromatic rings. The third-order valence-electron chi connectivity index (χ3n) is 16.2. The van der Waals surface area contributed by atoms with E-state index in [0.29, 0.717) is 48.3 Å². The number of fused-ring (bicyclic) bond motifs is 7. The van der Waals surface area contributed by atoms with E-state index >= 15 is 0 Å². The average molecular weight is 757 g/mol. The number of hydrogen-bond donors (Lipinski definition) is 8. The zero-order valence-corrected chi connectivity index (χ0v) is 31.6. The largest absolute Gasteiger partial charge is 0.394 e. The molecule has 8 aliphatic rings. The second-order valence-electron chi connectivity index (χ2n) is 18.8. The lowest BCUT2D eigenvalue weighted by molar-refractivity contribution is -0.373. The molecule has 0 aromatic carbocycles. The van der Waals surface area contributed by atoms with E-state index < -0.39 is 92.6 Å². The second kappa shape index (κ2) is 14.4. The van der Waals surface area contributed by atoms with Crippen LogP contribution in [0, 0.1) is 52.3 Å². The maximum Gasteiger partial charge on any atom is 0.187 e. The molecule has 0 unspecified atom stereocenters. The molecule has 14 nitrogen and oxygen atoms in total. The number of ether oxygens (including phenoxy) is 6. The summed E-state index contributed by atoms with van der Waals surface area (Å²) in [5.41, 5.74) is 0.0217. The van der Waals surface area contributed by atoms with Gasteiger partial charge in [0, 0.05) is 12.3 Å². The van der Waals surface area contributed by atoms with Crippen molar-refractivity contribution in [2.75, 3.05) is 19.8 Å². The van der Waals surface area contributed by atoms with Gasteiger partial charge in [-0.25, -0.2) is 0 Å². The van der Waals surface area contributed by atoms with Gasteiger partial charge in [0.25, 0.3) is 0 Å². The summed E-state index contributed by atoms with van der Waals surface area (Å²) in [6, 6.07) is 0. The highest BCUT2D eigenvalue weighted by Crippen LogP contribution is 2.71. The molecule has 0 radical (unpaired) electrons. The minimum atomic E-state index is -1.74. The highest BCUT2D eigenvalue weighted by atomic mass is 16.8. The lowest BCUT2D eigenvalue weighted by atomic mass is 9.43. The highest BCUT2D eigenvalue weighted by molar-refractivity contribution is 5.16.